The van der Waals surface area contributed by atoms with E-state index in [4.69, 9.17) is 17.2 Å². The minimum absolute atomic E-state index is 0.0370. The number of rotatable bonds is 7. The number of nitrogens with zero attached hydrogens (tertiary/aromatic N) is 4. The van der Waals surface area contributed by atoms with Crippen LogP contribution in [0.25, 0.3) is 10.9 Å². The molecular formula is C16H25N7. The number of aliphatic imine (C=N–C) groups is 2. The Hall–Kier alpha value is -2.57. The van der Waals surface area contributed by atoms with E-state index in [1.165, 1.54) is 25.7 Å². The van der Waals surface area contributed by atoms with Crippen LogP contribution in [0, 0.1) is 0 Å². The number of guanidine groups is 2. The predicted octanol–water partition coefficient (Wildman–Crippen LogP) is 2.23. The zero-order valence-corrected chi connectivity index (χ0v) is 13.6. The Labute approximate surface area is 136 Å². The van der Waals surface area contributed by atoms with Crippen molar-refractivity contribution < 1.29 is 0 Å². The van der Waals surface area contributed by atoms with Gasteiger partial charge in [0.15, 0.2) is 5.96 Å². The van der Waals surface area contributed by atoms with Gasteiger partial charge in [-0.05, 0) is 24.6 Å². The summed E-state index contributed by atoms with van der Waals surface area (Å²) in [6.07, 6.45) is 8.05. The molecule has 1 heterocycles. The molecule has 0 fully saturated rings. The van der Waals surface area contributed by atoms with E-state index in [1.54, 1.807) is 0 Å². The van der Waals surface area contributed by atoms with E-state index in [2.05, 4.69) is 22.0 Å². The fraction of sp³-hybridized carbons (Fsp3) is 0.438. The van der Waals surface area contributed by atoms with Gasteiger partial charge >= 0.3 is 0 Å². The maximum atomic E-state index is 5.67. The number of hydrogen-bond acceptors (Lipinski definition) is 2. The van der Waals surface area contributed by atoms with E-state index in [-0.39, 0.29) is 11.9 Å². The van der Waals surface area contributed by atoms with Gasteiger partial charge in [-0.25, -0.2) is 4.99 Å². The van der Waals surface area contributed by atoms with Crippen molar-refractivity contribution in [3.63, 3.8) is 0 Å². The lowest BCUT2D eigenvalue weighted by molar-refractivity contribution is 0.544. The monoisotopic (exact) mass is 315 g/mol. The van der Waals surface area contributed by atoms with Gasteiger partial charge in [-0.2, -0.15) is 10.1 Å². The Morgan fingerprint density at radius 1 is 1.13 bits per heavy atom. The van der Waals surface area contributed by atoms with Crippen molar-refractivity contribution >= 4 is 28.5 Å². The predicted molar refractivity (Wildman–Crippen MR) is 95.6 cm³/mol. The number of benzene rings is 1. The second-order valence-corrected chi connectivity index (χ2v) is 5.53. The molecule has 0 amide bonds. The van der Waals surface area contributed by atoms with Crippen molar-refractivity contribution in [1.29, 1.82) is 0 Å². The summed E-state index contributed by atoms with van der Waals surface area (Å²) in [4.78, 5) is 7.92. The van der Waals surface area contributed by atoms with E-state index >= 15 is 0 Å². The van der Waals surface area contributed by atoms with Crippen molar-refractivity contribution in [2.75, 3.05) is 0 Å². The van der Waals surface area contributed by atoms with E-state index in [0.29, 0.717) is 5.69 Å². The van der Waals surface area contributed by atoms with Gasteiger partial charge in [0.2, 0.25) is 5.96 Å². The van der Waals surface area contributed by atoms with Crippen molar-refractivity contribution in [2.45, 2.75) is 45.6 Å². The third kappa shape index (κ3) is 4.98. The van der Waals surface area contributed by atoms with Crippen LogP contribution in [0.2, 0.25) is 0 Å². The van der Waals surface area contributed by atoms with Crippen LogP contribution >= 0.6 is 0 Å². The maximum Gasteiger partial charge on any atom is 0.223 e. The summed E-state index contributed by atoms with van der Waals surface area (Å²) in [5.41, 5.74) is 18.0. The molecule has 0 saturated heterocycles. The Bertz CT molecular complexity index is 696. The Morgan fingerprint density at radius 2 is 1.91 bits per heavy atom. The van der Waals surface area contributed by atoms with Crippen LogP contribution in [0.1, 0.15) is 39.0 Å². The minimum atomic E-state index is -0.107. The van der Waals surface area contributed by atoms with Gasteiger partial charge < -0.3 is 17.2 Å². The molecule has 23 heavy (non-hydrogen) atoms. The summed E-state index contributed by atoms with van der Waals surface area (Å²) in [5, 5.41) is 5.53. The first kappa shape index (κ1) is 16.8. The molecule has 0 aliphatic carbocycles. The molecular weight excluding hydrogens is 290 g/mol. The maximum absolute atomic E-state index is 5.67. The molecule has 0 spiro atoms. The van der Waals surface area contributed by atoms with Gasteiger partial charge in [-0.15, -0.1) is 0 Å². The molecule has 6 N–H and O–H groups in total. The number of aromatic nitrogens is 2. The normalized spacial score (nSPS) is 11.8. The van der Waals surface area contributed by atoms with Gasteiger partial charge in [0.25, 0.3) is 0 Å². The van der Waals surface area contributed by atoms with Gasteiger partial charge in [0, 0.05) is 11.9 Å². The first-order valence-electron chi connectivity index (χ1n) is 7.99. The first-order valence-corrected chi connectivity index (χ1v) is 7.99. The highest BCUT2D eigenvalue weighted by atomic mass is 15.3. The molecule has 0 aliphatic rings. The molecule has 0 radical (unpaired) electrons. The summed E-state index contributed by atoms with van der Waals surface area (Å²) >= 11 is 0. The minimum Gasteiger partial charge on any atom is -0.370 e. The smallest absolute Gasteiger partial charge is 0.223 e. The lowest BCUT2D eigenvalue weighted by Gasteiger charge is -2.04. The molecule has 2 rings (SSSR count). The highest BCUT2D eigenvalue weighted by Gasteiger charge is 2.04. The van der Waals surface area contributed by atoms with Crippen LogP contribution in [-0.4, -0.2) is 21.7 Å². The van der Waals surface area contributed by atoms with Crippen LogP contribution in [0.15, 0.2) is 34.4 Å². The number of unbranched alkanes of at least 4 members (excludes halogenated alkanes) is 4. The van der Waals surface area contributed by atoms with Crippen molar-refractivity contribution in [3.05, 3.63) is 24.4 Å². The number of nitrogens with two attached hydrogens (primary N) is 3. The molecule has 2 aromatic rings. The van der Waals surface area contributed by atoms with Crippen LogP contribution in [0.4, 0.5) is 5.69 Å². The summed E-state index contributed by atoms with van der Waals surface area (Å²) in [6, 6.07) is 5.78. The van der Waals surface area contributed by atoms with E-state index in [0.717, 1.165) is 23.9 Å². The van der Waals surface area contributed by atoms with Crippen LogP contribution < -0.4 is 17.2 Å². The van der Waals surface area contributed by atoms with E-state index < -0.39 is 0 Å². The van der Waals surface area contributed by atoms with Gasteiger partial charge in [0.1, 0.15) is 0 Å². The third-order valence-electron chi connectivity index (χ3n) is 3.59. The second-order valence-electron chi connectivity index (χ2n) is 5.53. The molecule has 7 heteroatoms. The van der Waals surface area contributed by atoms with Crippen LogP contribution in [-0.2, 0) is 6.54 Å². The van der Waals surface area contributed by atoms with Crippen LogP contribution in [0.3, 0.4) is 0 Å². The zero-order valence-electron chi connectivity index (χ0n) is 13.6. The molecule has 0 aliphatic heterocycles. The molecule has 0 saturated carbocycles. The largest absolute Gasteiger partial charge is 0.370 e. The van der Waals surface area contributed by atoms with E-state index in [9.17, 15) is 0 Å². The highest BCUT2D eigenvalue weighted by molar-refractivity contribution is 5.94. The Balaban J connectivity index is 2.12. The Morgan fingerprint density at radius 3 is 2.65 bits per heavy atom. The number of fused-ring (bicyclic) bond motifs is 1. The third-order valence-corrected chi connectivity index (χ3v) is 3.59. The quantitative estimate of drug-likeness (QED) is 0.412. The standard InChI is InChI=1S/C16H25N7/c1-2-3-4-5-6-9-23-14-10-13(8-7-12(14)11-20-23)21-16(19)22-15(17)18/h7-8,10-11H,2-6,9H2,1H3,(H6,17,18,19,21,22). The fourth-order valence-corrected chi connectivity index (χ4v) is 2.46. The van der Waals surface area contributed by atoms with E-state index in [1.807, 2.05) is 29.1 Å². The lowest BCUT2D eigenvalue weighted by Crippen LogP contribution is -2.26. The van der Waals surface area contributed by atoms with Gasteiger partial charge in [-0.1, -0.05) is 32.6 Å². The highest BCUT2D eigenvalue weighted by Crippen LogP contribution is 2.21. The summed E-state index contributed by atoms with van der Waals surface area (Å²) in [7, 11) is 0. The summed E-state index contributed by atoms with van der Waals surface area (Å²) < 4.78 is 2.01. The average molecular weight is 315 g/mol. The summed E-state index contributed by atoms with van der Waals surface area (Å²) in [6.45, 7) is 3.13. The zero-order chi connectivity index (χ0) is 16.7. The molecule has 1 aromatic heterocycles. The molecule has 124 valence electrons. The van der Waals surface area contributed by atoms with Crippen molar-refractivity contribution in [3.8, 4) is 0 Å². The average Bonchev–Trinajstić information content (AvgIpc) is 2.89. The van der Waals surface area contributed by atoms with Crippen LogP contribution in [0.5, 0.6) is 0 Å². The summed E-state index contributed by atoms with van der Waals surface area (Å²) in [5.74, 6) is -0.0700. The Kier molecular flexibility index (Phi) is 5.96. The number of hydrogen-bond donors (Lipinski definition) is 3. The second kappa shape index (κ2) is 8.17. The van der Waals surface area contributed by atoms with Crippen molar-refractivity contribution in [2.24, 2.45) is 27.2 Å². The van der Waals surface area contributed by atoms with Gasteiger partial charge in [0.05, 0.1) is 17.4 Å². The molecule has 0 bridgehead atoms. The first-order chi connectivity index (χ1) is 11.1. The molecule has 0 atom stereocenters. The fourth-order valence-electron chi connectivity index (χ4n) is 2.46. The lowest BCUT2D eigenvalue weighted by atomic mass is 10.1. The van der Waals surface area contributed by atoms with Crippen molar-refractivity contribution in [1.82, 2.24) is 9.78 Å². The molecule has 7 nitrogen and oxygen atoms in total. The topological polar surface area (TPSA) is 121 Å². The number of aryl methyl sites for hydroxylation is 1. The molecule has 1 aromatic carbocycles. The SMILES string of the molecule is CCCCCCCn1ncc2ccc(N=C(N)N=C(N)N)cc21. The van der Waals surface area contributed by atoms with Gasteiger partial charge in [-0.3, -0.25) is 4.68 Å². The molecule has 0 unspecified atom stereocenters.